The molecule has 3 nitrogen and oxygen atoms in total. The Hall–Kier alpha value is -0.580. The van der Waals surface area contributed by atoms with Crippen LogP contribution in [0.2, 0.25) is 0 Å². The topological polar surface area (TPSA) is 41.5 Å². The van der Waals surface area contributed by atoms with Gasteiger partial charge in [0.2, 0.25) is 0 Å². The molecule has 0 amide bonds. The van der Waals surface area contributed by atoms with Crippen molar-refractivity contribution in [2.45, 2.75) is 25.4 Å². The first-order valence-corrected chi connectivity index (χ1v) is 6.42. The van der Waals surface area contributed by atoms with Crippen LogP contribution in [0, 0.1) is 5.92 Å². The molecule has 1 aliphatic heterocycles. The van der Waals surface area contributed by atoms with Crippen molar-refractivity contribution in [3.8, 4) is 5.75 Å². The van der Waals surface area contributed by atoms with E-state index in [1.165, 1.54) is 12.8 Å². The number of aliphatic hydroxyl groups excluding tert-OH is 1. The van der Waals surface area contributed by atoms with Gasteiger partial charge in [-0.25, -0.2) is 0 Å². The van der Waals surface area contributed by atoms with E-state index >= 15 is 0 Å². The summed E-state index contributed by atoms with van der Waals surface area (Å²) in [7, 11) is 0. The second kappa shape index (κ2) is 8.51. The highest BCUT2D eigenvalue weighted by molar-refractivity contribution is 8.93. The third-order valence-electron chi connectivity index (χ3n) is 3.30. The standard InChI is InChI=1S/C14H21NO2.BrH/c16-11-14(10-12-6-8-15-9-7-12)17-13-4-2-1-3-5-13;/h1-5,12,14-16H,6-11H2;1H. The Balaban J connectivity index is 0.00000162. The highest BCUT2D eigenvalue weighted by Crippen LogP contribution is 2.21. The number of hydrogen-bond donors (Lipinski definition) is 2. The van der Waals surface area contributed by atoms with Crippen LogP contribution in [-0.4, -0.2) is 30.9 Å². The summed E-state index contributed by atoms with van der Waals surface area (Å²) in [6, 6.07) is 9.74. The van der Waals surface area contributed by atoms with Crippen LogP contribution in [0.3, 0.4) is 0 Å². The fraction of sp³-hybridized carbons (Fsp3) is 0.571. The molecule has 18 heavy (non-hydrogen) atoms. The third kappa shape index (κ3) is 4.96. The van der Waals surface area contributed by atoms with Crippen molar-refractivity contribution in [3.63, 3.8) is 0 Å². The predicted molar refractivity (Wildman–Crippen MR) is 78.5 cm³/mol. The maximum atomic E-state index is 9.38. The van der Waals surface area contributed by atoms with Gasteiger partial charge in [0.25, 0.3) is 0 Å². The SMILES string of the molecule is Br.OCC(CC1CCNCC1)Oc1ccccc1. The van der Waals surface area contributed by atoms with E-state index in [1.807, 2.05) is 30.3 Å². The van der Waals surface area contributed by atoms with E-state index < -0.39 is 0 Å². The van der Waals surface area contributed by atoms with E-state index in [2.05, 4.69) is 5.32 Å². The maximum Gasteiger partial charge on any atom is 0.122 e. The highest BCUT2D eigenvalue weighted by Gasteiger charge is 2.19. The van der Waals surface area contributed by atoms with Gasteiger partial charge in [-0.15, -0.1) is 17.0 Å². The first-order valence-electron chi connectivity index (χ1n) is 6.42. The minimum atomic E-state index is -0.0690. The van der Waals surface area contributed by atoms with Gasteiger partial charge in [0.15, 0.2) is 0 Å². The zero-order chi connectivity index (χ0) is 11.9. The van der Waals surface area contributed by atoms with Crippen molar-refractivity contribution in [1.82, 2.24) is 5.32 Å². The number of nitrogens with one attached hydrogen (secondary N) is 1. The molecule has 1 heterocycles. The lowest BCUT2D eigenvalue weighted by molar-refractivity contribution is 0.0884. The molecule has 2 N–H and O–H groups in total. The Morgan fingerprint density at radius 2 is 1.89 bits per heavy atom. The van der Waals surface area contributed by atoms with Crippen LogP contribution in [-0.2, 0) is 0 Å². The number of piperidine rings is 1. The molecule has 1 saturated heterocycles. The molecule has 1 aromatic carbocycles. The number of hydrogen-bond acceptors (Lipinski definition) is 3. The molecule has 1 fully saturated rings. The maximum absolute atomic E-state index is 9.38. The Morgan fingerprint density at radius 3 is 2.50 bits per heavy atom. The minimum Gasteiger partial charge on any atom is -0.488 e. The molecule has 0 saturated carbocycles. The summed E-state index contributed by atoms with van der Waals surface area (Å²) < 4.78 is 5.80. The lowest BCUT2D eigenvalue weighted by Crippen LogP contribution is -2.32. The van der Waals surface area contributed by atoms with Crippen molar-refractivity contribution >= 4 is 17.0 Å². The van der Waals surface area contributed by atoms with Gasteiger partial charge in [0.1, 0.15) is 11.9 Å². The van der Waals surface area contributed by atoms with E-state index in [0.717, 1.165) is 25.3 Å². The Labute approximate surface area is 119 Å². The average Bonchev–Trinajstić information content (AvgIpc) is 2.40. The first kappa shape index (κ1) is 15.5. The van der Waals surface area contributed by atoms with Crippen LogP contribution in [0.25, 0.3) is 0 Å². The van der Waals surface area contributed by atoms with Crippen LogP contribution in [0.5, 0.6) is 5.75 Å². The van der Waals surface area contributed by atoms with Crippen LogP contribution >= 0.6 is 17.0 Å². The van der Waals surface area contributed by atoms with Gasteiger partial charge < -0.3 is 15.2 Å². The molecule has 0 aromatic heterocycles. The average molecular weight is 316 g/mol. The Kier molecular flexibility index (Phi) is 7.32. The largest absolute Gasteiger partial charge is 0.488 e. The summed E-state index contributed by atoms with van der Waals surface area (Å²) in [6.07, 6.45) is 3.26. The normalized spacial score (nSPS) is 17.8. The van der Waals surface area contributed by atoms with E-state index in [-0.39, 0.29) is 29.7 Å². The number of halogens is 1. The third-order valence-corrected chi connectivity index (χ3v) is 3.30. The van der Waals surface area contributed by atoms with Gasteiger partial charge in [0, 0.05) is 0 Å². The van der Waals surface area contributed by atoms with E-state index in [1.54, 1.807) is 0 Å². The first-order chi connectivity index (χ1) is 8.38. The van der Waals surface area contributed by atoms with Gasteiger partial charge in [-0.1, -0.05) is 18.2 Å². The predicted octanol–water partition coefficient (Wildman–Crippen LogP) is 2.39. The molecular weight excluding hydrogens is 294 g/mol. The lowest BCUT2D eigenvalue weighted by Gasteiger charge is -2.26. The van der Waals surface area contributed by atoms with Gasteiger partial charge in [-0.2, -0.15) is 0 Å². The zero-order valence-electron chi connectivity index (χ0n) is 10.5. The fourth-order valence-corrected chi connectivity index (χ4v) is 2.34. The molecule has 1 aromatic rings. The fourth-order valence-electron chi connectivity index (χ4n) is 2.34. The number of ether oxygens (including phenoxy) is 1. The summed E-state index contributed by atoms with van der Waals surface area (Å²) >= 11 is 0. The second-order valence-electron chi connectivity index (χ2n) is 4.66. The van der Waals surface area contributed by atoms with Crippen LogP contribution in [0.1, 0.15) is 19.3 Å². The van der Waals surface area contributed by atoms with Crippen molar-refractivity contribution in [1.29, 1.82) is 0 Å². The molecule has 0 bridgehead atoms. The molecule has 102 valence electrons. The smallest absolute Gasteiger partial charge is 0.122 e. The number of aliphatic hydroxyl groups is 1. The van der Waals surface area contributed by atoms with Gasteiger partial charge in [0.05, 0.1) is 6.61 Å². The van der Waals surface area contributed by atoms with E-state index in [4.69, 9.17) is 4.74 Å². The lowest BCUT2D eigenvalue weighted by atomic mass is 9.92. The second-order valence-corrected chi connectivity index (χ2v) is 4.66. The molecule has 1 atom stereocenters. The number of benzene rings is 1. The van der Waals surface area contributed by atoms with E-state index in [0.29, 0.717) is 5.92 Å². The van der Waals surface area contributed by atoms with Gasteiger partial charge in [-0.05, 0) is 50.4 Å². The highest BCUT2D eigenvalue weighted by atomic mass is 79.9. The zero-order valence-corrected chi connectivity index (χ0v) is 12.3. The molecule has 1 unspecified atom stereocenters. The summed E-state index contributed by atoms with van der Waals surface area (Å²) in [5, 5.41) is 12.7. The molecule has 0 radical (unpaired) electrons. The van der Waals surface area contributed by atoms with Gasteiger partial charge in [-0.3, -0.25) is 0 Å². The van der Waals surface area contributed by atoms with Crippen molar-refractivity contribution in [3.05, 3.63) is 30.3 Å². The number of para-hydroxylation sites is 1. The number of rotatable bonds is 5. The molecule has 1 aliphatic rings. The van der Waals surface area contributed by atoms with Crippen molar-refractivity contribution in [2.24, 2.45) is 5.92 Å². The summed E-state index contributed by atoms with van der Waals surface area (Å²) in [5.41, 5.74) is 0. The van der Waals surface area contributed by atoms with Crippen molar-refractivity contribution < 1.29 is 9.84 Å². The molecular formula is C14H22BrNO2. The quantitative estimate of drug-likeness (QED) is 0.876. The Morgan fingerprint density at radius 1 is 1.22 bits per heavy atom. The monoisotopic (exact) mass is 315 g/mol. The molecule has 0 aliphatic carbocycles. The molecule has 2 rings (SSSR count). The summed E-state index contributed by atoms with van der Waals surface area (Å²) in [4.78, 5) is 0. The van der Waals surface area contributed by atoms with Crippen LogP contribution < -0.4 is 10.1 Å². The summed E-state index contributed by atoms with van der Waals surface area (Å²) in [5.74, 6) is 1.53. The summed E-state index contributed by atoms with van der Waals surface area (Å²) in [6.45, 7) is 2.28. The van der Waals surface area contributed by atoms with Crippen molar-refractivity contribution in [2.75, 3.05) is 19.7 Å². The Bertz CT molecular complexity index is 315. The van der Waals surface area contributed by atoms with Crippen LogP contribution in [0.15, 0.2) is 30.3 Å². The van der Waals surface area contributed by atoms with E-state index in [9.17, 15) is 5.11 Å². The minimum absolute atomic E-state index is 0. The van der Waals surface area contributed by atoms with Gasteiger partial charge >= 0.3 is 0 Å². The van der Waals surface area contributed by atoms with Crippen LogP contribution in [0.4, 0.5) is 0 Å². The molecule has 4 heteroatoms. The molecule has 0 spiro atoms.